The molecule has 0 spiro atoms. The second kappa shape index (κ2) is 10.2. The van der Waals surface area contributed by atoms with Crippen LogP contribution in [-0.4, -0.2) is 46.2 Å². The lowest BCUT2D eigenvalue weighted by Crippen LogP contribution is -2.58. The minimum absolute atomic E-state index is 0.189. The Kier molecular flexibility index (Phi) is 6.76. The third-order valence-corrected chi connectivity index (χ3v) is 9.34. The maximum atomic E-state index is 15.8. The fourth-order valence-electron chi connectivity index (χ4n) is 7.10. The van der Waals surface area contributed by atoms with E-state index in [1.165, 1.54) is 19.1 Å². The molecule has 0 N–H and O–H groups in total. The van der Waals surface area contributed by atoms with Crippen molar-refractivity contribution in [3.05, 3.63) is 94.8 Å². The van der Waals surface area contributed by atoms with Crippen molar-refractivity contribution in [1.82, 2.24) is 9.88 Å². The van der Waals surface area contributed by atoms with Crippen LogP contribution in [0.15, 0.2) is 66.9 Å². The Morgan fingerprint density at radius 2 is 1.70 bits per heavy atom. The monoisotopic (exact) mass is 581 g/mol. The molecule has 3 aliphatic rings. The van der Waals surface area contributed by atoms with Crippen LogP contribution in [0, 0.1) is 41.4 Å². The van der Waals surface area contributed by atoms with Gasteiger partial charge in [-0.05, 0) is 49.6 Å². The lowest BCUT2D eigenvalue weighted by molar-refractivity contribution is -0.172. The molecule has 2 aliphatic heterocycles. The molecule has 2 fully saturated rings. The van der Waals surface area contributed by atoms with E-state index in [2.05, 4.69) is 11.1 Å². The molecule has 1 aliphatic carbocycles. The van der Waals surface area contributed by atoms with Crippen LogP contribution in [0.3, 0.4) is 0 Å². The standard InChI is InChI=1S/C34H29F2N3O4/c1-19-7-6-10-25(28(19)15-37)22-11-12-23(38-16-22)13-14-24-20(2)34(35,36)17-33(29(24)21(3)43-32(33)42)18-39-30(40)26-8-4-5-9-27(26)31(39)41/h4-14,16,20-21,24,29H,17-18H2,1-3H3. The zero-order valence-corrected chi connectivity index (χ0v) is 23.9. The summed E-state index contributed by atoms with van der Waals surface area (Å²) in [6.45, 7) is 4.50. The first-order valence-electron chi connectivity index (χ1n) is 14.2. The van der Waals surface area contributed by atoms with Gasteiger partial charge in [-0.25, -0.2) is 8.78 Å². The molecular formula is C34H29F2N3O4. The number of carbonyl (C=O) groups excluding carboxylic acids is 3. The van der Waals surface area contributed by atoms with Gasteiger partial charge in [0.2, 0.25) is 0 Å². The fraction of sp³-hybridized carbons (Fsp3) is 0.324. The number of halogens is 2. The Bertz CT molecular complexity index is 1690. The molecule has 0 radical (unpaired) electrons. The number of amides is 2. The number of alkyl halides is 2. The third-order valence-electron chi connectivity index (χ3n) is 9.34. The molecule has 3 heterocycles. The molecule has 43 heavy (non-hydrogen) atoms. The second-order valence-corrected chi connectivity index (χ2v) is 11.8. The molecule has 2 amide bonds. The van der Waals surface area contributed by atoms with Crippen molar-refractivity contribution in [3.63, 3.8) is 0 Å². The Morgan fingerprint density at radius 1 is 1.02 bits per heavy atom. The van der Waals surface area contributed by atoms with Crippen molar-refractivity contribution >= 4 is 23.9 Å². The van der Waals surface area contributed by atoms with Crippen LogP contribution in [-0.2, 0) is 9.53 Å². The average molecular weight is 582 g/mol. The highest BCUT2D eigenvalue weighted by atomic mass is 19.3. The van der Waals surface area contributed by atoms with E-state index in [-0.39, 0.29) is 11.1 Å². The highest BCUT2D eigenvalue weighted by Crippen LogP contribution is 2.60. The van der Waals surface area contributed by atoms with E-state index in [0.717, 1.165) is 21.6 Å². The van der Waals surface area contributed by atoms with Crippen LogP contribution in [0.2, 0.25) is 0 Å². The van der Waals surface area contributed by atoms with Crippen molar-refractivity contribution in [1.29, 1.82) is 5.26 Å². The third kappa shape index (κ3) is 4.44. The number of nitriles is 1. The maximum absolute atomic E-state index is 15.8. The van der Waals surface area contributed by atoms with Gasteiger partial charge in [0.15, 0.2) is 0 Å². The number of aryl methyl sites for hydroxylation is 1. The predicted molar refractivity (Wildman–Crippen MR) is 154 cm³/mol. The van der Waals surface area contributed by atoms with Gasteiger partial charge in [-0.1, -0.05) is 49.4 Å². The van der Waals surface area contributed by atoms with E-state index in [9.17, 15) is 19.6 Å². The van der Waals surface area contributed by atoms with Crippen LogP contribution >= 0.6 is 0 Å². The number of esters is 1. The van der Waals surface area contributed by atoms with Crippen LogP contribution in [0.4, 0.5) is 8.78 Å². The van der Waals surface area contributed by atoms with E-state index in [0.29, 0.717) is 11.3 Å². The summed E-state index contributed by atoms with van der Waals surface area (Å²) in [4.78, 5) is 45.2. The van der Waals surface area contributed by atoms with Crippen LogP contribution in [0.1, 0.15) is 57.8 Å². The minimum Gasteiger partial charge on any atom is -0.462 e. The summed E-state index contributed by atoms with van der Waals surface area (Å²) in [6, 6.07) is 17.6. The molecule has 218 valence electrons. The molecule has 5 atom stereocenters. The Balaban J connectivity index is 1.33. The molecule has 3 aromatic rings. The normalized spacial score (nSPS) is 27.6. The van der Waals surface area contributed by atoms with Crippen molar-refractivity contribution in [3.8, 4) is 17.2 Å². The number of nitrogens with zero attached hydrogens (tertiary/aromatic N) is 3. The number of cyclic esters (lactones) is 1. The van der Waals surface area contributed by atoms with E-state index in [1.807, 2.05) is 31.2 Å². The Labute approximate surface area is 247 Å². The van der Waals surface area contributed by atoms with Gasteiger partial charge in [0, 0.05) is 42.1 Å². The zero-order chi connectivity index (χ0) is 30.7. The Hall–Kier alpha value is -4.71. The molecule has 5 unspecified atom stereocenters. The summed E-state index contributed by atoms with van der Waals surface area (Å²) < 4.78 is 37.1. The number of benzene rings is 2. The number of rotatable bonds is 5. The lowest BCUT2D eigenvalue weighted by Gasteiger charge is -2.48. The molecule has 7 nitrogen and oxygen atoms in total. The van der Waals surface area contributed by atoms with Gasteiger partial charge in [-0.3, -0.25) is 24.3 Å². The summed E-state index contributed by atoms with van der Waals surface area (Å²) in [5, 5.41) is 9.59. The number of pyridine rings is 1. The molecule has 9 heteroatoms. The summed E-state index contributed by atoms with van der Waals surface area (Å²) in [7, 11) is 0. The Morgan fingerprint density at radius 3 is 2.33 bits per heavy atom. The second-order valence-electron chi connectivity index (χ2n) is 11.8. The summed E-state index contributed by atoms with van der Waals surface area (Å²) in [6.07, 6.45) is 3.39. The van der Waals surface area contributed by atoms with Gasteiger partial charge < -0.3 is 4.74 Å². The van der Waals surface area contributed by atoms with E-state index < -0.39 is 65.9 Å². The SMILES string of the molecule is Cc1cccc(-c2ccc(C=CC3C(C)C(F)(F)CC4(CN5C(=O)c6ccccc6C5=O)C(=O)OC(C)C34)nc2)c1C#N. The number of allylic oxidation sites excluding steroid dienone is 1. The molecule has 1 saturated carbocycles. The predicted octanol–water partition coefficient (Wildman–Crippen LogP) is 6.08. The fourth-order valence-corrected chi connectivity index (χ4v) is 7.10. The first-order valence-corrected chi connectivity index (χ1v) is 14.2. The molecule has 6 rings (SSSR count). The molecule has 2 aromatic carbocycles. The van der Waals surface area contributed by atoms with Crippen molar-refractivity contribution in [2.75, 3.05) is 6.54 Å². The van der Waals surface area contributed by atoms with Crippen LogP contribution < -0.4 is 0 Å². The number of imide groups is 1. The zero-order valence-electron chi connectivity index (χ0n) is 23.9. The quantitative estimate of drug-likeness (QED) is 0.268. The smallest absolute Gasteiger partial charge is 0.314 e. The van der Waals surface area contributed by atoms with Gasteiger partial charge in [-0.2, -0.15) is 5.26 Å². The first kappa shape index (κ1) is 28.4. The van der Waals surface area contributed by atoms with E-state index in [4.69, 9.17) is 4.74 Å². The molecular weight excluding hydrogens is 552 g/mol. The number of carbonyl (C=O) groups is 3. The molecule has 1 saturated heterocycles. The summed E-state index contributed by atoms with van der Waals surface area (Å²) >= 11 is 0. The topological polar surface area (TPSA) is 100 Å². The van der Waals surface area contributed by atoms with Crippen LogP contribution in [0.25, 0.3) is 17.2 Å². The summed E-state index contributed by atoms with van der Waals surface area (Å²) in [5.41, 5.74) is 2.03. The van der Waals surface area contributed by atoms with Gasteiger partial charge in [0.05, 0.1) is 27.8 Å². The van der Waals surface area contributed by atoms with Crippen molar-refractivity contribution in [2.24, 2.45) is 23.2 Å². The number of ether oxygens (including phenoxy) is 1. The summed E-state index contributed by atoms with van der Waals surface area (Å²) in [5.74, 6) is -7.97. The number of hydrogen-bond acceptors (Lipinski definition) is 6. The van der Waals surface area contributed by atoms with Gasteiger partial charge in [0.25, 0.3) is 17.7 Å². The van der Waals surface area contributed by atoms with Gasteiger partial charge in [-0.15, -0.1) is 0 Å². The van der Waals surface area contributed by atoms with E-state index >= 15 is 8.78 Å². The van der Waals surface area contributed by atoms with Crippen molar-refractivity contribution < 1.29 is 27.9 Å². The van der Waals surface area contributed by atoms with Gasteiger partial charge >= 0.3 is 5.97 Å². The lowest BCUT2D eigenvalue weighted by atomic mass is 9.56. The number of hydrogen-bond donors (Lipinski definition) is 0. The average Bonchev–Trinajstić information content (AvgIpc) is 3.37. The largest absolute Gasteiger partial charge is 0.462 e. The first-order chi connectivity index (χ1) is 20.5. The van der Waals surface area contributed by atoms with Gasteiger partial charge in [0.1, 0.15) is 12.2 Å². The highest BCUT2D eigenvalue weighted by molar-refractivity contribution is 6.21. The van der Waals surface area contributed by atoms with E-state index in [1.54, 1.807) is 43.5 Å². The highest BCUT2D eigenvalue weighted by Gasteiger charge is 2.69. The number of fused-ring (bicyclic) bond motifs is 2. The van der Waals surface area contributed by atoms with Crippen molar-refractivity contribution in [2.45, 2.75) is 39.2 Å². The molecule has 0 bridgehead atoms. The number of aromatic nitrogens is 1. The minimum atomic E-state index is -3.27. The molecule has 1 aromatic heterocycles. The van der Waals surface area contributed by atoms with Crippen LogP contribution in [0.5, 0.6) is 0 Å². The maximum Gasteiger partial charge on any atom is 0.314 e.